The molecule has 1 aromatic heterocycles. The fourth-order valence-electron chi connectivity index (χ4n) is 3.76. The number of methoxy groups -OCH3 is 2. The Morgan fingerprint density at radius 1 is 1.14 bits per heavy atom. The molecule has 0 aliphatic rings. The molecule has 1 amide bonds. The molecule has 4 rings (SSSR count). The summed E-state index contributed by atoms with van der Waals surface area (Å²) in [6.07, 6.45) is 1.59. The SMILES string of the molecule is COc1ccc(Cc2nc3ccccc3n2CC(=O)NN=Cc2cccc([N+](=O)[O-])c2O)cc1OC. The number of carbonyl (C=O) groups excluding carboxylic acids is 1. The molecular formula is C25H23N5O6. The van der Waals surface area contributed by atoms with E-state index in [0.717, 1.165) is 22.8 Å². The van der Waals surface area contributed by atoms with Gasteiger partial charge < -0.3 is 19.1 Å². The van der Waals surface area contributed by atoms with E-state index in [2.05, 4.69) is 10.5 Å². The summed E-state index contributed by atoms with van der Waals surface area (Å²) in [4.78, 5) is 27.7. The van der Waals surface area contributed by atoms with Crippen LogP contribution >= 0.6 is 0 Å². The standard InChI is InChI=1S/C25H23N5O6/c1-35-21-11-10-16(12-22(21)36-2)13-23-27-18-7-3-4-8-19(18)29(23)15-24(31)28-26-14-17-6-5-9-20(25(17)32)30(33)34/h3-12,14,32H,13,15H2,1-2H3,(H,28,31). The maximum Gasteiger partial charge on any atom is 0.311 e. The zero-order valence-corrected chi connectivity index (χ0v) is 19.5. The van der Waals surface area contributed by atoms with Crippen LogP contribution in [0.5, 0.6) is 17.2 Å². The van der Waals surface area contributed by atoms with Crippen LogP contribution in [0.4, 0.5) is 5.69 Å². The fourth-order valence-corrected chi connectivity index (χ4v) is 3.76. The number of aromatic hydroxyl groups is 1. The number of nitrogens with zero attached hydrogens (tertiary/aromatic N) is 4. The third kappa shape index (κ3) is 5.09. The van der Waals surface area contributed by atoms with E-state index in [0.29, 0.717) is 23.7 Å². The van der Waals surface area contributed by atoms with E-state index in [4.69, 9.17) is 14.5 Å². The number of amides is 1. The van der Waals surface area contributed by atoms with Gasteiger partial charge in [0.1, 0.15) is 12.4 Å². The third-order valence-corrected chi connectivity index (χ3v) is 5.48. The van der Waals surface area contributed by atoms with Gasteiger partial charge in [0.25, 0.3) is 5.91 Å². The summed E-state index contributed by atoms with van der Waals surface area (Å²) in [5.41, 5.74) is 4.50. The van der Waals surface area contributed by atoms with Crippen molar-refractivity contribution in [3.8, 4) is 17.2 Å². The van der Waals surface area contributed by atoms with Crippen LogP contribution in [0, 0.1) is 10.1 Å². The smallest absolute Gasteiger partial charge is 0.311 e. The van der Waals surface area contributed by atoms with Crippen LogP contribution in [0.1, 0.15) is 17.0 Å². The third-order valence-electron chi connectivity index (χ3n) is 5.48. The van der Waals surface area contributed by atoms with Gasteiger partial charge in [-0.3, -0.25) is 14.9 Å². The molecule has 4 aromatic rings. The molecule has 0 aliphatic carbocycles. The monoisotopic (exact) mass is 489 g/mol. The first-order valence-corrected chi connectivity index (χ1v) is 10.8. The van der Waals surface area contributed by atoms with Gasteiger partial charge in [-0.2, -0.15) is 5.10 Å². The number of rotatable bonds is 9. The normalized spacial score (nSPS) is 11.1. The summed E-state index contributed by atoms with van der Waals surface area (Å²) in [5.74, 6) is 0.904. The number of para-hydroxylation sites is 3. The number of aromatic nitrogens is 2. The second-order valence-electron chi connectivity index (χ2n) is 7.73. The second-order valence-corrected chi connectivity index (χ2v) is 7.73. The number of nitrogens with one attached hydrogen (secondary N) is 1. The van der Waals surface area contributed by atoms with Crippen LogP contribution in [-0.2, 0) is 17.8 Å². The quantitative estimate of drug-likeness (QED) is 0.208. The van der Waals surface area contributed by atoms with Crippen molar-refractivity contribution in [3.63, 3.8) is 0 Å². The van der Waals surface area contributed by atoms with Crippen LogP contribution in [0.2, 0.25) is 0 Å². The average Bonchev–Trinajstić information content (AvgIpc) is 3.21. The number of hydrogen-bond acceptors (Lipinski definition) is 8. The van der Waals surface area contributed by atoms with Gasteiger partial charge in [-0.05, 0) is 35.9 Å². The van der Waals surface area contributed by atoms with Gasteiger partial charge in [0.2, 0.25) is 5.75 Å². The van der Waals surface area contributed by atoms with E-state index in [1.165, 1.54) is 18.2 Å². The van der Waals surface area contributed by atoms with Crippen LogP contribution in [0.3, 0.4) is 0 Å². The molecule has 0 fully saturated rings. The maximum absolute atomic E-state index is 12.7. The molecule has 0 unspecified atom stereocenters. The Labute approximate surface area is 205 Å². The largest absolute Gasteiger partial charge is 0.502 e. The average molecular weight is 489 g/mol. The molecule has 0 saturated carbocycles. The first-order chi connectivity index (χ1) is 17.4. The lowest BCUT2D eigenvalue weighted by Gasteiger charge is -2.11. The molecule has 0 spiro atoms. The Balaban J connectivity index is 1.55. The Morgan fingerprint density at radius 3 is 2.67 bits per heavy atom. The minimum atomic E-state index is -0.699. The number of hydrogen-bond donors (Lipinski definition) is 2. The molecule has 3 aromatic carbocycles. The van der Waals surface area contributed by atoms with Crippen molar-refractivity contribution in [1.29, 1.82) is 0 Å². The lowest BCUT2D eigenvalue weighted by atomic mass is 10.1. The number of carbonyl (C=O) groups is 1. The number of phenols is 1. The van der Waals surface area contributed by atoms with E-state index >= 15 is 0 Å². The van der Waals surface area contributed by atoms with E-state index in [1.807, 2.05) is 42.5 Å². The molecular weight excluding hydrogens is 466 g/mol. The second kappa shape index (κ2) is 10.6. The van der Waals surface area contributed by atoms with E-state index in [-0.39, 0.29) is 12.1 Å². The topological polar surface area (TPSA) is 141 Å². The van der Waals surface area contributed by atoms with Crippen molar-refractivity contribution >= 4 is 28.8 Å². The number of benzene rings is 3. The van der Waals surface area contributed by atoms with Crippen molar-refractivity contribution in [2.45, 2.75) is 13.0 Å². The van der Waals surface area contributed by atoms with Crippen molar-refractivity contribution in [2.24, 2.45) is 5.10 Å². The predicted molar refractivity (Wildman–Crippen MR) is 133 cm³/mol. The number of nitro benzene ring substituents is 1. The molecule has 0 aliphatic heterocycles. The summed E-state index contributed by atoms with van der Waals surface area (Å²) in [6, 6.07) is 17.1. The highest BCUT2D eigenvalue weighted by atomic mass is 16.6. The van der Waals surface area contributed by atoms with Gasteiger partial charge >= 0.3 is 5.69 Å². The minimum Gasteiger partial charge on any atom is -0.502 e. The van der Waals surface area contributed by atoms with Crippen LogP contribution in [0.25, 0.3) is 11.0 Å². The molecule has 0 radical (unpaired) electrons. The number of hydrazone groups is 1. The van der Waals surface area contributed by atoms with Gasteiger partial charge in [0, 0.05) is 18.1 Å². The molecule has 1 heterocycles. The molecule has 2 N–H and O–H groups in total. The maximum atomic E-state index is 12.7. The van der Waals surface area contributed by atoms with Gasteiger partial charge in [-0.15, -0.1) is 0 Å². The van der Waals surface area contributed by atoms with Crippen molar-refractivity contribution in [3.05, 3.63) is 87.7 Å². The highest BCUT2D eigenvalue weighted by Gasteiger charge is 2.17. The molecule has 11 heteroatoms. The molecule has 0 bridgehead atoms. The van der Waals surface area contributed by atoms with Gasteiger partial charge in [0.15, 0.2) is 11.5 Å². The fraction of sp³-hybridized carbons (Fsp3) is 0.160. The van der Waals surface area contributed by atoms with Crippen LogP contribution < -0.4 is 14.9 Å². The zero-order chi connectivity index (χ0) is 25.7. The highest BCUT2D eigenvalue weighted by Crippen LogP contribution is 2.29. The van der Waals surface area contributed by atoms with Gasteiger partial charge in [-0.1, -0.05) is 24.3 Å². The van der Waals surface area contributed by atoms with Crippen molar-refractivity contribution in [1.82, 2.24) is 15.0 Å². The number of phenolic OH excluding ortho intramolecular Hbond substituents is 1. The summed E-state index contributed by atoms with van der Waals surface area (Å²) in [5, 5.41) is 24.9. The lowest BCUT2D eigenvalue weighted by molar-refractivity contribution is -0.385. The molecule has 36 heavy (non-hydrogen) atoms. The number of nitro groups is 1. The van der Waals surface area contributed by atoms with Gasteiger partial charge in [0.05, 0.1) is 36.4 Å². The summed E-state index contributed by atoms with van der Waals surface area (Å²) >= 11 is 0. The molecule has 0 atom stereocenters. The summed E-state index contributed by atoms with van der Waals surface area (Å²) in [6.45, 7) is -0.0681. The molecule has 184 valence electrons. The predicted octanol–water partition coefficient (Wildman–Crippen LogP) is 3.41. The van der Waals surface area contributed by atoms with E-state index in [1.54, 1.807) is 18.8 Å². The lowest BCUT2D eigenvalue weighted by Crippen LogP contribution is -2.24. The highest BCUT2D eigenvalue weighted by molar-refractivity contribution is 5.87. The van der Waals surface area contributed by atoms with E-state index in [9.17, 15) is 20.0 Å². The minimum absolute atomic E-state index is 0.0681. The van der Waals surface area contributed by atoms with Gasteiger partial charge in [-0.25, -0.2) is 10.4 Å². The number of imidazole rings is 1. The first-order valence-electron chi connectivity index (χ1n) is 10.8. The Hall–Kier alpha value is -4.93. The Morgan fingerprint density at radius 2 is 1.92 bits per heavy atom. The zero-order valence-electron chi connectivity index (χ0n) is 19.5. The van der Waals surface area contributed by atoms with E-state index < -0.39 is 22.3 Å². The Bertz CT molecular complexity index is 1460. The number of fused-ring (bicyclic) bond motifs is 1. The van der Waals surface area contributed by atoms with Crippen LogP contribution in [0.15, 0.2) is 65.8 Å². The van der Waals surface area contributed by atoms with Crippen LogP contribution in [-0.4, -0.2) is 45.9 Å². The summed E-state index contributed by atoms with van der Waals surface area (Å²) in [7, 11) is 3.13. The van der Waals surface area contributed by atoms with Crippen molar-refractivity contribution < 1.29 is 24.3 Å². The van der Waals surface area contributed by atoms with Crippen molar-refractivity contribution in [2.75, 3.05) is 14.2 Å². The number of ether oxygens (including phenoxy) is 2. The summed E-state index contributed by atoms with van der Waals surface area (Å²) < 4.78 is 12.5. The molecule has 11 nitrogen and oxygen atoms in total. The molecule has 0 saturated heterocycles. The first kappa shape index (κ1) is 24.2. The Kier molecular flexibility index (Phi) is 7.10.